The van der Waals surface area contributed by atoms with Gasteiger partial charge in [0.25, 0.3) is 0 Å². The molecule has 0 spiro atoms. The molecular weight excluding hydrogens is 560 g/mol. The van der Waals surface area contributed by atoms with Gasteiger partial charge in [-0.2, -0.15) is 0 Å². The number of carbonyl (C=O) groups is 3. The third kappa shape index (κ3) is 7.31. The molecule has 0 bridgehead atoms. The Kier molecular flexibility index (Phi) is 10.0. The van der Waals surface area contributed by atoms with E-state index in [2.05, 4.69) is 27.2 Å². The standard InChI is InChI=1S/C34H40N4O6/c1-24(32(39)43-3)35-34(41)38-18-17-30(37-21-19-36(20-22-37)28-13-15-29(42-2)16-14-28)31(23-38)44-33(40)27-11-9-26(10-12-27)25-7-5-4-6-8-25/h4-16,24,30-31H,17-23H2,1-3H3,(H,35,41)/t24?,30-,31-/m1/s1. The fourth-order valence-electron chi connectivity index (χ4n) is 5.87. The van der Waals surface area contributed by atoms with Crippen LogP contribution in [0, 0.1) is 0 Å². The number of piperazine rings is 1. The van der Waals surface area contributed by atoms with Crippen LogP contribution in [-0.2, 0) is 14.3 Å². The molecule has 1 N–H and O–H groups in total. The van der Waals surface area contributed by atoms with E-state index in [9.17, 15) is 14.4 Å². The number of urea groups is 1. The van der Waals surface area contributed by atoms with Crippen molar-refractivity contribution in [1.29, 1.82) is 0 Å². The quantitative estimate of drug-likeness (QED) is 0.387. The van der Waals surface area contributed by atoms with Crippen LogP contribution in [0.15, 0.2) is 78.9 Å². The molecule has 2 aliphatic heterocycles. The summed E-state index contributed by atoms with van der Waals surface area (Å²) in [4.78, 5) is 44.7. The van der Waals surface area contributed by atoms with Gasteiger partial charge in [-0.15, -0.1) is 0 Å². The third-order valence-electron chi connectivity index (χ3n) is 8.41. The third-order valence-corrected chi connectivity index (χ3v) is 8.41. The molecule has 2 saturated heterocycles. The molecule has 3 aromatic rings. The minimum absolute atomic E-state index is 0.0531. The predicted octanol–water partition coefficient (Wildman–Crippen LogP) is 4.06. The van der Waals surface area contributed by atoms with Crippen LogP contribution in [0.4, 0.5) is 10.5 Å². The summed E-state index contributed by atoms with van der Waals surface area (Å²) in [6.45, 7) is 5.51. The maximum atomic E-state index is 13.4. The number of ether oxygens (including phenoxy) is 3. The Balaban J connectivity index is 1.28. The van der Waals surface area contributed by atoms with E-state index in [-0.39, 0.29) is 18.6 Å². The number of nitrogens with one attached hydrogen (secondary N) is 1. The van der Waals surface area contributed by atoms with Crippen molar-refractivity contribution in [2.45, 2.75) is 31.5 Å². The Morgan fingerprint density at radius 3 is 2.11 bits per heavy atom. The number of anilines is 1. The monoisotopic (exact) mass is 600 g/mol. The molecule has 2 fully saturated rings. The molecule has 0 aliphatic carbocycles. The van der Waals surface area contributed by atoms with E-state index in [0.29, 0.717) is 18.5 Å². The molecule has 2 aliphatic rings. The van der Waals surface area contributed by atoms with Crippen molar-refractivity contribution in [3.05, 3.63) is 84.4 Å². The SMILES string of the molecule is COC(=O)C(C)NC(=O)N1CC[C@@H](N2CCN(c3ccc(OC)cc3)CC2)[C@H](OC(=O)c2ccc(-c3ccccc3)cc2)C1. The minimum atomic E-state index is -0.791. The van der Waals surface area contributed by atoms with Gasteiger partial charge in [-0.25, -0.2) is 14.4 Å². The normalized spacial score (nSPS) is 19.5. The maximum absolute atomic E-state index is 13.4. The van der Waals surface area contributed by atoms with E-state index >= 15 is 0 Å². The molecule has 1 unspecified atom stereocenters. The lowest BCUT2D eigenvalue weighted by molar-refractivity contribution is -0.142. The predicted molar refractivity (Wildman–Crippen MR) is 168 cm³/mol. The van der Waals surface area contributed by atoms with Gasteiger partial charge in [0.05, 0.1) is 32.4 Å². The molecule has 3 atom stereocenters. The first-order valence-corrected chi connectivity index (χ1v) is 15.0. The first-order chi connectivity index (χ1) is 21.4. The Morgan fingerprint density at radius 1 is 0.818 bits per heavy atom. The fourth-order valence-corrected chi connectivity index (χ4v) is 5.87. The van der Waals surface area contributed by atoms with Crippen LogP contribution >= 0.6 is 0 Å². The lowest BCUT2D eigenvalue weighted by Crippen LogP contribution is -2.62. The van der Waals surface area contributed by atoms with Crippen LogP contribution in [0.3, 0.4) is 0 Å². The number of hydrogen-bond donors (Lipinski definition) is 1. The van der Waals surface area contributed by atoms with Gasteiger partial charge >= 0.3 is 18.0 Å². The average molecular weight is 601 g/mol. The van der Waals surface area contributed by atoms with Crippen molar-refractivity contribution in [3.8, 4) is 16.9 Å². The summed E-state index contributed by atoms with van der Waals surface area (Å²) in [5, 5.41) is 2.70. The molecule has 0 saturated carbocycles. The summed E-state index contributed by atoms with van der Waals surface area (Å²) >= 11 is 0. The lowest BCUT2D eigenvalue weighted by atomic mass is 9.98. The van der Waals surface area contributed by atoms with E-state index in [1.807, 2.05) is 54.6 Å². The van der Waals surface area contributed by atoms with E-state index < -0.39 is 24.1 Å². The van der Waals surface area contributed by atoms with Gasteiger partial charge in [-0.1, -0.05) is 42.5 Å². The second kappa shape index (κ2) is 14.3. The molecule has 10 nitrogen and oxygen atoms in total. The summed E-state index contributed by atoms with van der Waals surface area (Å²) in [6.07, 6.45) is 0.0877. The van der Waals surface area contributed by atoms with E-state index in [0.717, 1.165) is 48.7 Å². The first-order valence-electron chi connectivity index (χ1n) is 15.0. The maximum Gasteiger partial charge on any atom is 0.338 e. The van der Waals surface area contributed by atoms with Crippen LogP contribution in [0.25, 0.3) is 11.1 Å². The van der Waals surface area contributed by atoms with Gasteiger partial charge in [-0.3, -0.25) is 4.90 Å². The van der Waals surface area contributed by atoms with Gasteiger partial charge in [0.15, 0.2) is 0 Å². The van der Waals surface area contributed by atoms with Crippen LogP contribution in [-0.4, -0.2) is 99.4 Å². The summed E-state index contributed by atoms with van der Waals surface area (Å²) in [6, 6.07) is 24.2. The van der Waals surface area contributed by atoms with Gasteiger partial charge in [0.2, 0.25) is 0 Å². The second-order valence-corrected chi connectivity index (χ2v) is 11.1. The number of benzene rings is 3. The highest BCUT2D eigenvalue weighted by molar-refractivity contribution is 5.90. The lowest BCUT2D eigenvalue weighted by Gasteiger charge is -2.46. The van der Waals surface area contributed by atoms with Gasteiger partial charge in [-0.05, 0) is 60.9 Å². The second-order valence-electron chi connectivity index (χ2n) is 11.1. The van der Waals surface area contributed by atoms with Gasteiger partial charge in [0.1, 0.15) is 17.9 Å². The number of piperidine rings is 1. The summed E-state index contributed by atoms with van der Waals surface area (Å²) < 4.78 is 16.2. The first kappa shape index (κ1) is 30.9. The summed E-state index contributed by atoms with van der Waals surface area (Å²) in [5.41, 5.74) is 3.67. The zero-order valence-corrected chi connectivity index (χ0v) is 25.5. The zero-order valence-electron chi connectivity index (χ0n) is 25.5. The molecule has 10 heteroatoms. The minimum Gasteiger partial charge on any atom is -0.497 e. The number of esters is 2. The number of nitrogens with zero attached hydrogens (tertiary/aromatic N) is 3. The number of methoxy groups -OCH3 is 2. The Hall–Kier alpha value is -4.57. The highest BCUT2D eigenvalue weighted by atomic mass is 16.5. The molecule has 232 valence electrons. The van der Waals surface area contributed by atoms with Crippen molar-refractivity contribution in [2.75, 3.05) is 58.4 Å². The highest BCUT2D eigenvalue weighted by Crippen LogP contribution is 2.26. The summed E-state index contributed by atoms with van der Waals surface area (Å²) in [5.74, 6) is -0.130. The zero-order chi connectivity index (χ0) is 31.1. The molecule has 0 radical (unpaired) electrons. The van der Waals surface area contributed by atoms with Crippen LogP contribution in [0.1, 0.15) is 23.7 Å². The fraction of sp³-hybridized carbons (Fsp3) is 0.382. The van der Waals surface area contributed by atoms with Crippen molar-refractivity contribution in [3.63, 3.8) is 0 Å². The molecule has 3 aromatic carbocycles. The van der Waals surface area contributed by atoms with Gasteiger partial charge < -0.3 is 29.3 Å². The Labute approximate surface area is 258 Å². The smallest absolute Gasteiger partial charge is 0.338 e. The number of amides is 2. The van der Waals surface area contributed by atoms with Crippen molar-refractivity contribution in [2.24, 2.45) is 0 Å². The van der Waals surface area contributed by atoms with Crippen molar-refractivity contribution in [1.82, 2.24) is 15.1 Å². The van der Waals surface area contributed by atoms with E-state index in [1.54, 1.807) is 31.1 Å². The molecule has 2 heterocycles. The topological polar surface area (TPSA) is 101 Å². The number of likely N-dealkylation sites (tertiary alicyclic amines) is 1. The summed E-state index contributed by atoms with van der Waals surface area (Å²) in [7, 11) is 2.94. The molecule has 2 amide bonds. The molecular formula is C34H40N4O6. The number of rotatable bonds is 8. The molecule has 5 rings (SSSR count). The molecule has 44 heavy (non-hydrogen) atoms. The van der Waals surface area contributed by atoms with E-state index in [4.69, 9.17) is 14.2 Å². The van der Waals surface area contributed by atoms with Crippen molar-refractivity contribution < 1.29 is 28.6 Å². The van der Waals surface area contributed by atoms with Crippen molar-refractivity contribution >= 4 is 23.7 Å². The van der Waals surface area contributed by atoms with Crippen LogP contribution in [0.2, 0.25) is 0 Å². The van der Waals surface area contributed by atoms with Crippen LogP contribution in [0.5, 0.6) is 5.75 Å². The number of hydrogen-bond acceptors (Lipinski definition) is 8. The van der Waals surface area contributed by atoms with Gasteiger partial charge in [0, 0.05) is 38.4 Å². The Bertz CT molecular complexity index is 1410. The van der Waals surface area contributed by atoms with Crippen LogP contribution < -0.4 is 15.0 Å². The molecule has 0 aromatic heterocycles. The van der Waals surface area contributed by atoms with E-state index in [1.165, 1.54) is 7.11 Å². The number of carbonyl (C=O) groups excluding carboxylic acids is 3. The largest absolute Gasteiger partial charge is 0.497 e. The Morgan fingerprint density at radius 2 is 1.48 bits per heavy atom. The highest BCUT2D eigenvalue weighted by Gasteiger charge is 2.39. The average Bonchev–Trinajstić information content (AvgIpc) is 3.08.